The van der Waals surface area contributed by atoms with Crippen LogP contribution in [-0.2, 0) is 0 Å². The molecule has 0 saturated carbocycles. The molecular weight excluding hydrogens is 186 g/mol. The third-order valence-electron chi connectivity index (χ3n) is 1.76. The van der Waals surface area contributed by atoms with E-state index in [4.69, 9.17) is 0 Å². The standard InChI is InChI=1S/C10H11N3.C2H6/c1-2-5-9(6-3-1)13-10-11-7-4-8-12-10;1-2/h1-3,5-7H,4,8H2,(H,12,13);1-2H3. The maximum atomic E-state index is 4.23. The van der Waals surface area contributed by atoms with Gasteiger partial charge in [-0.1, -0.05) is 32.0 Å². The first kappa shape index (κ1) is 11.4. The Balaban J connectivity index is 0.000000531. The van der Waals surface area contributed by atoms with Gasteiger partial charge in [0.25, 0.3) is 0 Å². The van der Waals surface area contributed by atoms with Gasteiger partial charge in [0.15, 0.2) is 0 Å². The first-order chi connectivity index (χ1) is 7.45. The quantitative estimate of drug-likeness (QED) is 0.748. The van der Waals surface area contributed by atoms with Gasteiger partial charge in [0.05, 0.1) is 0 Å². The summed E-state index contributed by atoms with van der Waals surface area (Å²) in [7, 11) is 0. The maximum Gasteiger partial charge on any atom is 0.222 e. The van der Waals surface area contributed by atoms with Crippen LogP contribution in [0.2, 0.25) is 0 Å². The number of hydrogen-bond donors (Lipinski definition) is 1. The molecule has 1 N–H and O–H groups in total. The predicted molar refractivity (Wildman–Crippen MR) is 66.8 cm³/mol. The number of nitrogens with zero attached hydrogens (tertiary/aromatic N) is 2. The Labute approximate surface area is 91.0 Å². The van der Waals surface area contributed by atoms with E-state index >= 15 is 0 Å². The molecule has 1 aliphatic rings. The molecule has 1 aliphatic heterocycles. The molecule has 0 unspecified atom stereocenters. The molecule has 0 amide bonds. The molecule has 3 nitrogen and oxygen atoms in total. The van der Waals surface area contributed by atoms with Crippen molar-refractivity contribution in [1.82, 2.24) is 0 Å². The Hall–Kier alpha value is -1.64. The summed E-state index contributed by atoms with van der Waals surface area (Å²) in [5.74, 6) is 0.706. The normalized spacial score (nSPS) is 13.6. The highest BCUT2D eigenvalue weighted by Crippen LogP contribution is 2.06. The van der Waals surface area contributed by atoms with Gasteiger partial charge in [0.2, 0.25) is 5.96 Å². The van der Waals surface area contributed by atoms with Crippen LogP contribution in [0.3, 0.4) is 0 Å². The average molecular weight is 203 g/mol. The fourth-order valence-electron chi connectivity index (χ4n) is 1.14. The first-order valence-electron chi connectivity index (χ1n) is 5.34. The van der Waals surface area contributed by atoms with Gasteiger partial charge in [-0.15, -0.1) is 0 Å². The Bertz CT molecular complexity index is 328. The second-order valence-corrected chi connectivity index (χ2v) is 2.80. The smallest absolute Gasteiger partial charge is 0.222 e. The number of para-hydroxylation sites is 1. The number of rotatable bonds is 1. The van der Waals surface area contributed by atoms with Gasteiger partial charge in [-0.25, -0.2) is 4.99 Å². The number of aliphatic imine (C=N–C) groups is 2. The molecule has 0 saturated heterocycles. The lowest BCUT2D eigenvalue weighted by Gasteiger charge is -2.07. The van der Waals surface area contributed by atoms with Crippen molar-refractivity contribution in [1.29, 1.82) is 0 Å². The van der Waals surface area contributed by atoms with Crippen LogP contribution in [0.15, 0.2) is 40.3 Å². The molecule has 0 atom stereocenters. The molecule has 0 bridgehead atoms. The topological polar surface area (TPSA) is 36.8 Å². The highest BCUT2D eigenvalue weighted by Gasteiger charge is 1.99. The van der Waals surface area contributed by atoms with E-state index in [1.54, 1.807) is 0 Å². The fourth-order valence-corrected chi connectivity index (χ4v) is 1.14. The summed E-state index contributed by atoms with van der Waals surface area (Å²) in [6.07, 6.45) is 2.83. The van der Waals surface area contributed by atoms with Gasteiger partial charge in [-0.2, -0.15) is 0 Å². The van der Waals surface area contributed by atoms with E-state index in [0.717, 1.165) is 18.7 Å². The minimum Gasteiger partial charge on any atom is -0.324 e. The Kier molecular flexibility index (Phi) is 5.15. The zero-order valence-electron chi connectivity index (χ0n) is 9.27. The van der Waals surface area contributed by atoms with Crippen LogP contribution in [0.1, 0.15) is 20.3 Å². The van der Waals surface area contributed by atoms with Crippen molar-refractivity contribution in [3.63, 3.8) is 0 Å². The largest absolute Gasteiger partial charge is 0.324 e. The molecular formula is C12H17N3. The minimum absolute atomic E-state index is 0.706. The number of guanidine groups is 1. The van der Waals surface area contributed by atoms with Crippen molar-refractivity contribution in [2.24, 2.45) is 9.98 Å². The van der Waals surface area contributed by atoms with Gasteiger partial charge < -0.3 is 5.32 Å². The Morgan fingerprint density at radius 3 is 2.47 bits per heavy atom. The molecule has 1 aromatic rings. The van der Waals surface area contributed by atoms with E-state index in [-0.39, 0.29) is 0 Å². The summed E-state index contributed by atoms with van der Waals surface area (Å²) in [6, 6.07) is 9.93. The molecule has 0 aromatic heterocycles. The highest BCUT2D eigenvalue weighted by molar-refractivity contribution is 5.99. The second kappa shape index (κ2) is 6.76. The van der Waals surface area contributed by atoms with Gasteiger partial charge >= 0.3 is 0 Å². The highest BCUT2D eigenvalue weighted by atomic mass is 15.1. The number of nitrogens with one attached hydrogen (secondary N) is 1. The van der Waals surface area contributed by atoms with E-state index in [9.17, 15) is 0 Å². The van der Waals surface area contributed by atoms with Crippen molar-refractivity contribution >= 4 is 17.9 Å². The van der Waals surface area contributed by atoms with Gasteiger partial charge in [0.1, 0.15) is 0 Å². The monoisotopic (exact) mass is 203 g/mol. The van der Waals surface area contributed by atoms with Gasteiger partial charge in [-0.05, 0) is 12.1 Å². The van der Waals surface area contributed by atoms with E-state index in [2.05, 4.69) is 15.3 Å². The van der Waals surface area contributed by atoms with Crippen LogP contribution in [0, 0.1) is 0 Å². The van der Waals surface area contributed by atoms with Crippen LogP contribution < -0.4 is 5.32 Å². The van der Waals surface area contributed by atoms with E-state index < -0.39 is 0 Å². The molecule has 15 heavy (non-hydrogen) atoms. The van der Waals surface area contributed by atoms with Crippen molar-refractivity contribution < 1.29 is 0 Å². The number of anilines is 1. The van der Waals surface area contributed by atoms with Crippen LogP contribution in [0.25, 0.3) is 0 Å². The lowest BCUT2D eigenvalue weighted by atomic mass is 10.3. The van der Waals surface area contributed by atoms with Crippen molar-refractivity contribution in [3.05, 3.63) is 30.3 Å². The third kappa shape index (κ3) is 3.94. The van der Waals surface area contributed by atoms with Crippen molar-refractivity contribution in [3.8, 4) is 0 Å². The molecule has 1 aromatic carbocycles. The molecule has 0 fully saturated rings. The lowest BCUT2D eigenvalue weighted by molar-refractivity contribution is 1.03. The average Bonchev–Trinajstić information content (AvgIpc) is 2.34. The Morgan fingerprint density at radius 2 is 1.87 bits per heavy atom. The molecule has 0 spiro atoms. The molecule has 1 heterocycles. The summed E-state index contributed by atoms with van der Waals surface area (Å²) in [4.78, 5) is 8.37. The summed E-state index contributed by atoms with van der Waals surface area (Å²) in [5.41, 5.74) is 1.03. The molecule has 2 rings (SSSR count). The van der Waals surface area contributed by atoms with Crippen LogP contribution in [-0.4, -0.2) is 18.7 Å². The molecule has 3 heteroatoms. The Morgan fingerprint density at radius 1 is 1.13 bits per heavy atom. The van der Waals surface area contributed by atoms with E-state index in [1.807, 2.05) is 50.4 Å². The summed E-state index contributed by atoms with van der Waals surface area (Å²) < 4.78 is 0. The third-order valence-corrected chi connectivity index (χ3v) is 1.76. The van der Waals surface area contributed by atoms with Crippen LogP contribution >= 0.6 is 0 Å². The zero-order valence-corrected chi connectivity index (χ0v) is 9.27. The molecule has 80 valence electrons. The van der Waals surface area contributed by atoms with E-state index in [1.165, 1.54) is 0 Å². The summed E-state index contributed by atoms with van der Waals surface area (Å²) >= 11 is 0. The van der Waals surface area contributed by atoms with E-state index in [0.29, 0.717) is 5.96 Å². The number of hydrogen-bond acceptors (Lipinski definition) is 3. The molecule has 0 aliphatic carbocycles. The second-order valence-electron chi connectivity index (χ2n) is 2.80. The summed E-state index contributed by atoms with van der Waals surface area (Å²) in [6.45, 7) is 4.83. The maximum absolute atomic E-state index is 4.23. The van der Waals surface area contributed by atoms with Crippen LogP contribution in [0.5, 0.6) is 0 Å². The van der Waals surface area contributed by atoms with Crippen LogP contribution in [0.4, 0.5) is 5.69 Å². The molecule has 0 radical (unpaired) electrons. The van der Waals surface area contributed by atoms with Crippen molar-refractivity contribution in [2.45, 2.75) is 20.3 Å². The zero-order chi connectivity index (χ0) is 10.9. The lowest BCUT2D eigenvalue weighted by Crippen LogP contribution is -2.13. The van der Waals surface area contributed by atoms with Gasteiger partial charge in [0, 0.05) is 24.9 Å². The summed E-state index contributed by atoms with van der Waals surface area (Å²) in [5, 5.41) is 3.13. The number of benzene rings is 1. The fraction of sp³-hybridized carbons (Fsp3) is 0.333. The minimum atomic E-state index is 0.706. The SMILES string of the molecule is C1=NC(Nc2ccccc2)=NCC1.CC. The van der Waals surface area contributed by atoms with Gasteiger partial charge in [-0.3, -0.25) is 4.99 Å². The van der Waals surface area contributed by atoms with Crippen molar-refractivity contribution in [2.75, 3.05) is 11.9 Å². The predicted octanol–water partition coefficient (Wildman–Crippen LogP) is 2.96. The first-order valence-corrected chi connectivity index (χ1v) is 5.34.